The van der Waals surface area contributed by atoms with Crippen LogP contribution >= 0.6 is 0 Å². The molecule has 2 N–H and O–H groups in total. The van der Waals surface area contributed by atoms with Crippen molar-refractivity contribution in [2.75, 3.05) is 13.1 Å². The first-order chi connectivity index (χ1) is 12.6. The molecule has 1 aliphatic rings. The van der Waals surface area contributed by atoms with E-state index in [9.17, 15) is 4.79 Å². The molecular formula is C23H30N2O. The van der Waals surface area contributed by atoms with Crippen molar-refractivity contribution in [2.24, 2.45) is 11.8 Å². The first-order valence-electron chi connectivity index (χ1n) is 9.72. The van der Waals surface area contributed by atoms with Gasteiger partial charge in [-0.05, 0) is 55.8 Å². The molecule has 3 nitrogen and oxygen atoms in total. The fourth-order valence-corrected chi connectivity index (χ4v) is 4.06. The largest absolute Gasteiger partial charge is 0.343 e. The summed E-state index contributed by atoms with van der Waals surface area (Å²) in [6.07, 6.45) is 2.92. The highest BCUT2D eigenvalue weighted by molar-refractivity contribution is 5.78. The molecule has 0 spiro atoms. The smallest absolute Gasteiger partial charge is 0.221 e. The van der Waals surface area contributed by atoms with E-state index in [1.54, 1.807) is 0 Å². The molecule has 26 heavy (non-hydrogen) atoms. The summed E-state index contributed by atoms with van der Waals surface area (Å²) in [7, 11) is 0. The maximum Gasteiger partial charge on any atom is 0.221 e. The van der Waals surface area contributed by atoms with Gasteiger partial charge in [0.2, 0.25) is 5.91 Å². The maximum absolute atomic E-state index is 12.9. The highest BCUT2D eigenvalue weighted by atomic mass is 16.1. The summed E-state index contributed by atoms with van der Waals surface area (Å²) in [5.41, 5.74) is 1.69. The van der Waals surface area contributed by atoms with Crippen LogP contribution in [0.3, 0.4) is 0 Å². The van der Waals surface area contributed by atoms with Gasteiger partial charge in [0.15, 0.2) is 0 Å². The summed E-state index contributed by atoms with van der Waals surface area (Å²) >= 11 is 0. The lowest BCUT2D eigenvalue weighted by molar-refractivity contribution is -0.123. The fourth-order valence-electron chi connectivity index (χ4n) is 4.06. The first kappa shape index (κ1) is 18.7. The third kappa shape index (κ3) is 4.34. The van der Waals surface area contributed by atoms with Crippen molar-refractivity contribution >= 4 is 5.91 Å². The van der Waals surface area contributed by atoms with E-state index < -0.39 is 5.54 Å². The maximum atomic E-state index is 12.9. The van der Waals surface area contributed by atoms with Crippen LogP contribution in [0, 0.1) is 11.8 Å². The molecule has 1 saturated heterocycles. The number of hydrogen-bond donors (Lipinski definition) is 2. The van der Waals surface area contributed by atoms with Gasteiger partial charge in [-0.25, -0.2) is 0 Å². The molecule has 2 aromatic carbocycles. The van der Waals surface area contributed by atoms with Crippen molar-refractivity contribution in [3.05, 3.63) is 71.8 Å². The number of amides is 1. The summed E-state index contributed by atoms with van der Waals surface area (Å²) in [5, 5.41) is 6.75. The Hall–Kier alpha value is -2.13. The topological polar surface area (TPSA) is 41.1 Å². The molecule has 1 heterocycles. The van der Waals surface area contributed by atoms with E-state index in [1.165, 1.54) is 12.8 Å². The fraction of sp³-hybridized carbons (Fsp3) is 0.435. The van der Waals surface area contributed by atoms with Gasteiger partial charge in [-0.1, -0.05) is 67.6 Å². The summed E-state index contributed by atoms with van der Waals surface area (Å²) in [6, 6.07) is 20.5. The summed E-state index contributed by atoms with van der Waals surface area (Å²) in [4.78, 5) is 12.9. The normalized spacial score (nSPS) is 16.8. The molecule has 1 fully saturated rings. The average Bonchev–Trinajstić information content (AvgIpc) is 2.70. The molecular weight excluding hydrogens is 320 g/mol. The van der Waals surface area contributed by atoms with Crippen LogP contribution in [0.1, 0.15) is 44.2 Å². The monoisotopic (exact) mass is 350 g/mol. The second-order valence-electron chi connectivity index (χ2n) is 7.67. The summed E-state index contributed by atoms with van der Waals surface area (Å²) in [6.45, 7) is 6.47. The number of rotatable bonds is 6. The third-order valence-corrected chi connectivity index (χ3v) is 5.79. The summed E-state index contributed by atoms with van der Waals surface area (Å²) in [5.74, 6) is 1.18. The van der Waals surface area contributed by atoms with Crippen LogP contribution in [0.5, 0.6) is 0 Å². The Morgan fingerprint density at radius 2 is 1.54 bits per heavy atom. The molecule has 0 saturated carbocycles. The van der Waals surface area contributed by atoms with Gasteiger partial charge in [0, 0.05) is 6.42 Å². The molecule has 2 aromatic rings. The van der Waals surface area contributed by atoms with E-state index in [1.807, 2.05) is 36.4 Å². The third-order valence-electron chi connectivity index (χ3n) is 5.79. The van der Waals surface area contributed by atoms with Crippen LogP contribution < -0.4 is 10.6 Å². The number of nitrogens with one attached hydrogen (secondary N) is 2. The lowest BCUT2D eigenvalue weighted by Crippen LogP contribution is -2.45. The van der Waals surface area contributed by atoms with Crippen molar-refractivity contribution in [2.45, 2.75) is 38.6 Å². The zero-order valence-electron chi connectivity index (χ0n) is 15.9. The van der Waals surface area contributed by atoms with Gasteiger partial charge in [-0.2, -0.15) is 0 Å². The number of hydrogen-bond acceptors (Lipinski definition) is 2. The highest BCUT2D eigenvalue weighted by Crippen LogP contribution is 2.30. The van der Waals surface area contributed by atoms with E-state index in [0.717, 1.165) is 24.2 Å². The molecule has 0 aromatic heterocycles. The minimum absolute atomic E-state index is 0.131. The van der Waals surface area contributed by atoms with Gasteiger partial charge >= 0.3 is 0 Å². The minimum atomic E-state index is -0.520. The molecule has 0 aliphatic carbocycles. The highest BCUT2D eigenvalue weighted by Gasteiger charge is 2.31. The second kappa shape index (κ2) is 8.50. The number of carbonyl (C=O) groups excluding carboxylic acids is 1. The molecule has 1 amide bonds. The molecule has 1 atom stereocenters. The molecule has 1 unspecified atom stereocenters. The van der Waals surface area contributed by atoms with Gasteiger partial charge < -0.3 is 10.6 Å². The SMILES string of the molecule is CC(CC(=O)NC(C)(c1ccccc1)c1ccccc1)C1CCNCC1. The quantitative estimate of drug-likeness (QED) is 0.824. The zero-order valence-corrected chi connectivity index (χ0v) is 15.9. The Kier molecular flexibility index (Phi) is 6.10. The van der Waals surface area contributed by atoms with Crippen LogP contribution in [-0.4, -0.2) is 19.0 Å². The Morgan fingerprint density at radius 3 is 2.04 bits per heavy atom. The van der Waals surface area contributed by atoms with Crippen LogP contribution in [0.4, 0.5) is 0 Å². The van der Waals surface area contributed by atoms with E-state index in [4.69, 9.17) is 0 Å². The molecule has 3 rings (SSSR count). The lowest BCUT2D eigenvalue weighted by atomic mass is 9.82. The van der Waals surface area contributed by atoms with Gasteiger partial charge in [-0.15, -0.1) is 0 Å². The predicted octanol–water partition coefficient (Wildman–Crippen LogP) is 4.09. The van der Waals surface area contributed by atoms with Crippen LogP contribution in [0.2, 0.25) is 0 Å². The predicted molar refractivity (Wildman–Crippen MR) is 107 cm³/mol. The molecule has 0 bridgehead atoms. The van der Waals surface area contributed by atoms with Gasteiger partial charge in [0.05, 0.1) is 5.54 Å². The van der Waals surface area contributed by atoms with E-state index >= 15 is 0 Å². The van der Waals surface area contributed by atoms with Crippen molar-refractivity contribution in [1.29, 1.82) is 0 Å². The van der Waals surface area contributed by atoms with Crippen LogP contribution in [-0.2, 0) is 10.3 Å². The Morgan fingerprint density at radius 1 is 1.04 bits per heavy atom. The number of benzene rings is 2. The first-order valence-corrected chi connectivity index (χ1v) is 9.72. The Balaban J connectivity index is 1.76. The van der Waals surface area contributed by atoms with Gasteiger partial charge in [0.25, 0.3) is 0 Å². The van der Waals surface area contributed by atoms with Crippen molar-refractivity contribution in [3.63, 3.8) is 0 Å². The van der Waals surface area contributed by atoms with Crippen LogP contribution in [0.15, 0.2) is 60.7 Å². The second-order valence-corrected chi connectivity index (χ2v) is 7.67. The number of carbonyl (C=O) groups is 1. The van der Waals surface area contributed by atoms with E-state index in [0.29, 0.717) is 18.3 Å². The Labute approximate surface area is 157 Å². The Bertz CT molecular complexity index is 653. The number of piperidine rings is 1. The zero-order chi connectivity index (χ0) is 18.4. The minimum Gasteiger partial charge on any atom is -0.343 e. The van der Waals surface area contributed by atoms with Crippen molar-refractivity contribution < 1.29 is 4.79 Å². The lowest BCUT2D eigenvalue weighted by Gasteiger charge is -2.34. The van der Waals surface area contributed by atoms with Crippen molar-refractivity contribution in [1.82, 2.24) is 10.6 Å². The van der Waals surface area contributed by atoms with E-state index in [-0.39, 0.29) is 5.91 Å². The molecule has 1 aliphatic heterocycles. The standard InChI is InChI=1S/C23H30N2O/c1-18(19-13-15-24-16-14-19)17-22(26)25-23(2,20-9-5-3-6-10-20)21-11-7-4-8-12-21/h3-12,18-19,24H,13-17H2,1-2H3,(H,25,26). The van der Waals surface area contributed by atoms with Gasteiger partial charge in [-0.3, -0.25) is 4.79 Å². The molecule has 0 radical (unpaired) electrons. The molecule has 138 valence electrons. The van der Waals surface area contributed by atoms with Crippen LogP contribution in [0.25, 0.3) is 0 Å². The van der Waals surface area contributed by atoms with Gasteiger partial charge in [0.1, 0.15) is 0 Å². The molecule has 3 heteroatoms. The summed E-state index contributed by atoms with van der Waals surface area (Å²) < 4.78 is 0. The average molecular weight is 351 g/mol. The van der Waals surface area contributed by atoms with E-state index in [2.05, 4.69) is 48.7 Å². The van der Waals surface area contributed by atoms with Crippen molar-refractivity contribution in [3.8, 4) is 0 Å².